The van der Waals surface area contributed by atoms with E-state index in [4.69, 9.17) is 9.98 Å². The van der Waals surface area contributed by atoms with Gasteiger partial charge in [0.1, 0.15) is 0 Å². The Morgan fingerprint density at radius 1 is 0.550 bits per heavy atom. The summed E-state index contributed by atoms with van der Waals surface area (Å²) in [7, 11) is 0. The fourth-order valence-electron chi connectivity index (χ4n) is 5.31. The van der Waals surface area contributed by atoms with Gasteiger partial charge < -0.3 is 0 Å². The molecule has 0 N–H and O–H groups in total. The first-order valence-corrected chi connectivity index (χ1v) is 15.8. The van der Waals surface area contributed by atoms with Crippen LogP contribution in [0.4, 0.5) is 11.4 Å². The molecule has 0 amide bonds. The van der Waals surface area contributed by atoms with E-state index < -0.39 is 0 Å². The molecule has 2 rings (SSSR count). The fraction of sp³-hybridized carbons (Fsp3) is 0.568. The first kappa shape index (κ1) is 36.0. The maximum atomic E-state index is 5.03. The zero-order chi connectivity index (χ0) is 28.3. The van der Waals surface area contributed by atoms with Crippen LogP contribution in [0.2, 0.25) is 0 Å². The molecule has 0 radical (unpaired) electrons. The van der Waals surface area contributed by atoms with E-state index in [0.717, 1.165) is 29.2 Å². The number of unbranched alkanes of at least 4 members (excludes halogenated alkanes) is 14. The summed E-state index contributed by atoms with van der Waals surface area (Å²) in [4.78, 5) is 9.98. The number of aliphatic imine (C=N–C) groups is 2. The van der Waals surface area contributed by atoms with Gasteiger partial charge in [0, 0.05) is 16.5 Å². The Morgan fingerprint density at radius 2 is 0.925 bits per heavy atom. The molecule has 0 spiro atoms. The van der Waals surface area contributed by atoms with E-state index in [1.165, 1.54) is 112 Å². The Labute approximate surface area is 257 Å². The number of hydrogen-bond acceptors (Lipinski definition) is 2. The van der Waals surface area contributed by atoms with Crippen molar-refractivity contribution in [3.63, 3.8) is 0 Å². The standard InChI is InChI=1S/C37H56N2.Ni/c1-7-8-9-10-11-12-13-14-15-16-17-18-19-20-21-22-23-37(39-36-28-32(4)25-33(5)29-36)34(6)38-35-26-30(2)24-31(3)27-35;/h22-29H,7-21H2,1-6H3;/b23-22+,38-34+,39-37+;. The zero-order valence-corrected chi connectivity index (χ0v) is 27.4. The quantitative estimate of drug-likeness (QED) is 0.0887. The van der Waals surface area contributed by atoms with Crippen molar-refractivity contribution in [1.29, 1.82) is 0 Å². The number of hydrogen-bond donors (Lipinski definition) is 0. The summed E-state index contributed by atoms with van der Waals surface area (Å²) in [5, 5.41) is 0. The Balaban J connectivity index is 0.00000800. The van der Waals surface area contributed by atoms with Crippen LogP contribution in [0.5, 0.6) is 0 Å². The molecule has 0 heterocycles. The first-order valence-electron chi connectivity index (χ1n) is 15.8. The normalized spacial score (nSPS) is 12.2. The Kier molecular flexibility index (Phi) is 19.6. The average molecular weight is 588 g/mol. The van der Waals surface area contributed by atoms with Gasteiger partial charge in [0.05, 0.1) is 22.8 Å². The number of allylic oxidation sites excluding steroid dienone is 2. The molecule has 0 saturated carbocycles. The van der Waals surface area contributed by atoms with E-state index in [0.29, 0.717) is 0 Å². The Morgan fingerprint density at radius 3 is 1.35 bits per heavy atom. The van der Waals surface area contributed by atoms with Crippen LogP contribution in [0.3, 0.4) is 0 Å². The van der Waals surface area contributed by atoms with Crippen LogP contribution >= 0.6 is 0 Å². The van der Waals surface area contributed by atoms with Crippen molar-refractivity contribution in [3.8, 4) is 0 Å². The van der Waals surface area contributed by atoms with Crippen molar-refractivity contribution in [3.05, 3.63) is 70.8 Å². The molecule has 0 aromatic heterocycles. The molecule has 3 heteroatoms. The predicted molar refractivity (Wildman–Crippen MR) is 176 cm³/mol. The third-order valence-corrected chi connectivity index (χ3v) is 7.33. The third kappa shape index (κ3) is 16.3. The van der Waals surface area contributed by atoms with E-state index in [9.17, 15) is 0 Å². The van der Waals surface area contributed by atoms with E-state index in [1.54, 1.807) is 0 Å². The predicted octanol–water partition coefficient (Wildman–Crippen LogP) is 12.2. The molecule has 0 saturated heterocycles. The molecule has 2 aromatic rings. The summed E-state index contributed by atoms with van der Waals surface area (Å²) >= 11 is 0. The molecule has 0 bridgehead atoms. The minimum absolute atomic E-state index is 0. The maximum absolute atomic E-state index is 5.03. The number of nitrogens with zero attached hydrogens (tertiary/aromatic N) is 2. The van der Waals surface area contributed by atoms with Crippen molar-refractivity contribution in [2.75, 3.05) is 0 Å². The van der Waals surface area contributed by atoms with Crippen LogP contribution in [0.25, 0.3) is 0 Å². The second-order valence-corrected chi connectivity index (χ2v) is 11.7. The van der Waals surface area contributed by atoms with Gasteiger partial charge in [-0.2, -0.15) is 0 Å². The molecular formula is C37H56N2Ni. The molecule has 0 atom stereocenters. The molecule has 2 aromatic carbocycles. The van der Waals surface area contributed by atoms with E-state index in [2.05, 4.69) is 90.1 Å². The smallest absolute Gasteiger partial charge is 0.0845 e. The molecule has 224 valence electrons. The van der Waals surface area contributed by atoms with Crippen molar-refractivity contribution in [2.24, 2.45) is 9.98 Å². The third-order valence-electron chi connectivity index (χ3n) is 7.33. The van der Waals surface area contributed by atoms with Gasteiger partial charge in [-0.1, -0.05) is 109 Å². The van der Waals surface area contributed by atoms with Gasteiger partial charge in [0.15, 0.2) is 0 Å². The molecule has 2 nitrogen and oxygen atoms in total. The van der Waals surface area contributed by atoms with Gasteiger partial charge in [-0.3, -0.25) is 4.99 Å². The van der Waals surface area contributed by atoms with Crippen molar-refractivity contribution in [2.45, 2.75) is 138 Å². The summed E-state index contributed by atoms with van der Waals surface area (Å²) in [5.41, 5.74) is 8.86. The van der Waals surface area contributed by atoms with Crippen LogP contribution in [-0.2, 0) is 16.5 Å². The second kappa shape index (κ2) is 21.7. The average Bonchev–Trinajstić information content (AvgIpc) is 2.86. The summed E-state index contributed by atoms with van der Waals surface area (Å²) < 4.78 is 0. The summed E-state index contributed by atoms with van der Waals surface area (Å²) in [6.45, 7) is 12.9. The van der Waals surface area contributed by atoms with Crippen LogP contribution in [0.15, 0.2) is 58.5 Å². The number of rotatable bonds is 19. The van der Waals surface area contributed by atoms with E-state index in [1.807, 2.05) is 0 Å². The molecule has 0 aliphatic carbocycles. The van der Waals surface area contributed by atoms with Crippen molar-refractivity contribution in [1.82, 2.24) is 0 Å². The SMILES string of the molecule is CCCCCCCCCCCCCCCC/C=C/C(=N\c1cc(C)cc(C)c1)C(/C)=N/c1cc(C)cc(C)c1.[Ni]. The number of benzene rings is 2. The summed E-state index contributed by atoms with van der Waals surface area (Å²) in [6.07, 6.45) is 25.1. The second-order valence-electron chi connectivity index (χ2n) is 11.7. The van der Waals surface area contributed by atoms with Gasteiger partial charge >= 0.3 is 0 Å². The van der Waals surface area contributed by atoms with Gasteiger partial charge in [-0.15, -0.1) is 0 Å². The van der Waals surface area contributed by atoms with Crippen molar-refractivity contribution >= 4 is 22.8 Å². The molecule has 0 unspecified atom stereocenters. The van der Waals surface area contributed by atoms with Gasteiger partial charge in [-0.05, 0) is 100 Å². The van der Waals surface area contributed by atoms with Crippen LogP contribution in [0.1, 0.15) is 132 Å². The van der Waals surface area contributed by atoms with Gasteiger partial charge in [0.25, 0.3) is 0 Å². The minimum atomic E-state index is 0. The summed E-state index contributed by atoms with van der Waals surface area (Å²) in [5.74, 6) is 0. The molecule has 0 aliphatic rings. The maximum Gasteiger partial charge on any atom is 0.0845 e. The first-order chi connectivity index (χ1) is 18.9. The minimum Gasteiger partial charge on any atom is -0.251 e. The van der Waals surface area contributed by atoms with Crippen molar-refractivity contribution < 1.29 is 16.5 Å². The van der Waals surface area contributed by atoms with Gasteiger partial charge in [-0.25, -0.2) is 4.99 Å². The fourth-order valence-corrected chi connectivity index (χ4v) is 5.31. The molecule has 0 fully saturated rings. The van der Waals surface area contributed by atoms with E-state index >= 15 is 0 Å². The zero-order valence-electron chi connectivity index (χ0n) is 26.4. The molecule has 0 aliphatic heterocycles. The Bertz CT molecular complexity index is 1020. The van der Waals surface area contributed by atoms with Gasteiger partial charge in [0.2, 0.25) is 0 Å². The molecule has 40 heavy (non-hydrogen) atoms. The van der Waals surface area contributed by atoms with E-state index in [-0.39, 0.29) is 16.5 Å². The van der Waals surface area contributed by atoms with Crippen LogP contribution in [0, 0.1) is 27.7 Å². The summed E-state index contributed by atoms with van der Waals surface area (Å²) in [6, 6.07) is 13.0. The topological polar surface area (TPSA) is 24.7 Å². The monoisotopic (exact) mass is 586 g/mol. The van der Waals surface area contributed by atoms with Crippen LogP contribution in [-0.4, -0.2) is 11.4 Å². The van der Waals surface area contributed by atoms with Crippen LogP contribution < -0.4 is 0 Å². The number of aryl methyl sites for hydroxylation is 4. The Hall–Kier alpha value is -1.99. The molecular weight excluding hydrogens is 531 g/mol. The largest absolute Gasteiger partial charge is 0.251 e.